The van der Waals surface area contributed by atoms with E-state index in [9.17, 15) is 40.4 Å². The van der Waals surface area contributed by atoms with Crippen LogP contribution in [0.2, 0.25) is 0 Å². The number of pyridine rings is 1. The summed E-state index contributed by atoms with van der Waals surface area (Å²) < 4.78 is 85.4. The van der Waals surface area contributed by atoms with Crippen LogP contribution in [0.25, 0.3) is 0 Å². The van der Waals surface area contributed by atoms with E-state index in [2.05, 4.69) is 10.3 Å². The second-order valence-electron chi connectivity index (χ2n) is 11.5. The number of sulfonamides is 1. The number of amides is 3. The second kappa shape index (κ2) is 11.6. The molecule has 1 aromatic heterocycles. The van der Waals surface area contributed by atoms with Gasteiger partial charge in [0.05, 0.1) is 23.4 Å². The maximum absolute atomic E-state index is 14.8. The van der Waals surface area contributed by atoms with Gasteiger partial charge in [-0.15, -0.1) is 0 Å². The van der Waals surface area contributed by atoms with Gasteiger partial charge in [0.2, 0.25) is 15.9 Å². The first-order valence-corrected chi connectivity index (χ1v) is 15.9. The Hall–Kier alpha value is -4.17. The number of carbonyl (C=O) groups is 3. The van der Waals surface area contributed by atoms with E-state index in [0.29, 0.717) is 15.9 Å². The van der Waals surface area contributed by atoms with Crippen LogP contribution in [0.15, 0.2) is 41.4 Å². The van der Waals surface area contributed by atoms with Gasteiger partial charge >= 0.3 is 0 Å². The van der Waals surface area contributed by atoms with Crippen molar-refractivity contribution in [3.05, 3.63) is 87.7 Å². The lowest BCUT2D eigenvalue weighted by atomic mass is 9.85. The molecule has 0 bridgehead atoms. The number of aromatic nitrogens is 1. The van der Waals surface area contributed by atoms with Crippen LogP contribution in [0.1, 0.15) is 82.0 Å². The molecule has 1 saturated carbocycles. The molecule has 1 saturated heterocycles. The summed E-state index contributed by atoms with van der Waals surface area (Å²) in [6, 6.07) is 6.24. The third-order valence-corrected chi connectivity index (χ3v) is 10.7. The molecule has 9 nitrogen and oxygen atoms in total. The maximum atomic E-state index is 14.8. The zero-order valence-corrected chi connectivity index (χ0v) is 24.9. The highest BCUT2D eigenvalue weighted by Crippen LogP contribution is 2.36. The Balaban J connectivity index is 1.34. The van der Waals surface area contributed by atoms with E-state index in [1.807, 2.05) is 6.07 Å². The number of nitrogens with zero attached hydrogens (tertiary/aromatic N) is 3. The quantitative estimate of drug-likeness (QED) is 0.223. The number of hydrogen-bond acceptors (Lipinski definition) is 6. The minimum Gasteiger partial charge on any atom is -0.305 e. The second-order valence-corrected chi connectivity index (χ2v) is 13.3. The molecule has 2 fully saturated rings. The molecule has 2 aromatic carbocycles. The molecule has 1 aliphatic carbocycles. The molecule has 1 N–H and O–H groups in total. The first kappa shape index (κ1) is 30.8. The summed E-state index contributed by atoms with van der Waals surface area (Å²) >= 11 is 0. The lowest BCUT2D eigenvalue weighted by Crippen LogP contribution is -2.59. The van der Waals surface area contributed by atoms with Crippen LogP contribution in [-0.2, 0) is 21.4 Å². The zero-order valence-electron chi connectivity index (χ0n) is 24.1. The van der Waals surface area contributed by atoms with Gasteiger partial charge < -0.3 is 4.90 Å². The van der Waals surface area contributed by atoms with Crippen molar-refractivity contribution in [1.82, 2.24) is 14.6 Å². The van der Waals surface area contributed by atoms with E-state index in [1.165, 1.54) is 24.6 Å². The van der Waals surface area contributed by atoms with Crippen LogP contribution in [0.5, 0.6) is 0 Å². The number of carbonyl (C=O) groups excluding carboxylic acids is 3. The zero-order chi connectivity index (χ0) is 32.2. The molecule has 0 spiro atoms. The van der Waals surface area contributed by atoms with Gasteiger partial charge in [-0.2, -0.15) is 4.31 Å². The Morgan fingerprint density at radius 1 is 0.933 bits per heavy atom. The highest BCUT2D eigenvalue weighted by atomic mass is 32.2. The average Bonchev–Trinajstić information content (AvgIpc) is 3.29. The van der Waals surface area contributed by atoms with Crippen molar-refractivity contribution in [2.24, 2.45) is 0 Å². The van der Waals surface area contributed by atoms with Crippen molar-refractivity contribution in [3.8, 4) is 0 Å². The largest absolute Gasteiger partial charge is 0.305 e. The van der Waals surface area contributed by atoms with Gasteiger partial charge in [-0.05, 0) is 61.9 Å². The van der Waals surface area contributed by atoms with Crippen LogP contribution < -0.4 is 10.2 Å². The van der Waals surface area contributed by atoms with Crippen LogP contribution in [0.4, 0.5) is 23.2 Å². The summed E-state index contributed by atoms with van der Waals surface area (Å²) in [7, 11) is -5.22. The third kappa shape index (κ3) is 5.29. The normalized spacial score (nSPS) is 18.8. The molecule has 0 unspecified atom stereocenters. The smallest absolute Gasteiger partial charge is 0.259 e. The topological polar surface area (TPSA) is 117 Å². The summed E-state index contributed by atoms with van der Waals surface area (Å²) in [6.07, 6.45) is 7.19. The number of fused-ring (bicyclic) bond motifs is 1. The molecule has 3 aliphatic rings. The van der Waals surface area contributed by atoms with E-state index in [4.69, 9.17) is 0 Å². The van der Waals surface area contributed by atoms with Crippen LogP contribution >= 0.6 is 0 Å². The van der Waals surface area contributed by atoms with E-state index in [1.54, 1.807) is 12.3 Å². The van der Waals surface area contributed by atoms with Crippen molar-refractivity contribution in [2.45, 2.75) is 68.8 Å². The lowest BCUT2D eigenvalue weighted by Gasteiger charge is -2.41. The Morgan fingerprint density at radius 3 is 2.20 bits per heavy atom. The number of benzene rings is 2. The van der Waals surface area contributed by atoms with Gasteiger partial charge in [0.25, 0.3) is 11.8 Å². The van der Waals surface area contributed by atoms with Gasteiger partial charge in [-0.25, -0.2) is 26.0 Å². The lowest BCUT2D eigenvalue weighted by molar-refractivity contribution is -0.125. The molecule has 3 heterocycles. The molecular weight excluding hydrogens is 616 g/mol. The molecule has 236 valence electrons. The minimum atomic E-state index is -5.22. The molecule has 1 atom stereocenters. The molecule has 14 heteroatoms. The third-order valence-electron chi connectivity index (χ3n) is 8.81. The Kier molecular flexibility index (Phi) is 7.98. The maximum Gasteiger partial charge on any atom is 0.259 e. The number of halogens is 4. The van der Waals surface area contributed by atoms with E-state index >= 15 is 0 Å². The number of nitrogens with one attached hydrogen (secondary N) is 1. The minimum absolute atomic E-state index is 0.00346. The van der Waals surface area contributed by atoms with Crippen molar-refractivity contribution >= 4 is 33.4 Å². The fourth-order valence-electron chi connectivity index (χ4n) is 6.13. The van der Waals surface area contributed by atoms with Crippen LogP contribution in [-0.4, -0.2) is 48.0 Å². The molecule has 3 aromatic rings. The van der Waals surface area contributed by atoms with Gasteiger partial charge in [0, 0.05) is 24.0 Å². The van der Waals surface area contributed by atoms with Crippen molar-refractivity contribution in [2.75, 3.05) is 11.4 Å². The van der Waals surface area contributed by atoms with Crippen LogP contribution in [0.3, 0.4) is 0 Å². The first-order valence-electron chi connectivity index (χ1n) is 14.5. The predicted molar refractivity (Wildman–Crippen MR) is 153 cm³/mol. The van der Waals surface area contributed by atoms with Gasteiger partial charge in [-0.3, -0.25) is 24.7 Å². The first-order chi connectivity index (χ1) is 21.4. The van der Waals surface area contributed by atoms with Crippen LogP contribution in [0, 0.1) is 30.2 Å². The summed E-state index contributed by atoms with van der Waals surface area (Å²) in [4.78, 5) is 42.4. The fraction of sp³-hybridized carbons (Fsp3) is 0.355. The monoisotopic (exact) mass is 644 g/mol. The van der Waals surface area contributed by atoms with Gasteiger partial charge in [0.15, 0.2) is 28.2 Å². The molecule has 6 rings (SSSR count). The summed E-state index contributed by atoms with van der Waals surface area (Å²) in [5.74, 6) is -9.63. The predicted octanol–water partition coefficient (Wildman–Crippen LogP) is 4.87. The molecule has 2 aliphatic heterocycles. The molecular formula is C31H28F4N4O5S. The van der Waals surface area contributed by atoms with E-state index < -0.39 is 67.5 Å². The van der Waals surface area contributed by atoms with Crippen molar-refractivity contribution < 1.29 is 40.4 Å². The highest BCUT2D eigenvalue weighted by molar-refractivity contribution is 7.89. The summed E-state index contributed by atoms with van der Waals surface area (Å²) in [6.45, 7) is 0.234. The van der Waals surface area contributed by atoms with Crippen molar-refractivity contribution in [3.63, 3.8) is 0 Å². The standard InChI is InChI=1S/C31H28F4N4O5S/c1-16-24(32)26(34)28(27(35)25(16)33)45(43,44)39-12-11-23(39)31(42)38(20-9-10-21-22(13-20)30(41)37-29(21)40)15-19-8-7-18(14-36-19)17-5-3-2-4-6-17/h7-10,13-14,17,23H,2-6,11-12,15H2,1H3,(H,37,40,41)/t23-/m1/s1. The highest BCUT2D eigenvalue weighted by Gasteiger charge is 2.48. The Morgan fingerprint density at radius 2 is 1.60 bits per heavy atom. The van der Waals surface area contributed by atoms with Gasteiger partial charge in [0.1, 0.15) is 6.04 Å². The Bertz CT molecular complexity index is 1820. The molecule has 3 amide bonds. The summed E-state index contributed by atoms with van der Waals surface area (Å²) in [5, 5.41) is 2.16. The van der Waals surface area contributed by atoms with Crippen molar-refractivity contribution in [1.29, 1.82) is 0 Å². The SMILES string of the molecule is Cc1c(F)c(F)c(S(=O)(=O)N2CC[C@@H]2C(=O)N(Cc2ccc(C3CCCCC3)cn2)c2ccc3c(c2)C(=O)NC3=O)c(F)c1F. The number of anilines is 1. The molecule has 0 radical (unpaired) electrons. The summed E-state index contributed by atoms with van der Waals surface area (Å²) in [5.41, 5.74) is 0.694. The number of rotatable bonds is 7. The fourth-order valence-corrected chi connectivity index (χ4v) is 7.87. The number of hydrogen-bond donors (Lipinski definition) is 1. The van der Waals surface area contributed by atoms with E-state index in [0.717, 1.165) is 43.1 Å². The average molecular weight is 645 g/mol. The Labute approximate surface area is 256 Å². The van der Waals surface area contributed by atoms with E-state index in [-0.39, 0.29) is 36.3 Å². The van der Waals surface area contributed by atoms with Gasteiger partial charge in [-0.1, -0.05) is 25.3 Å². The number of imide groups is 1. The molecule has 45 heavy (non-hydrogen) atoms.